The summed E-state index contributed by atoms with van der Waals surface area (Å²) < 4.78 is 7.20. The summed E-state index contributed by atoms with van der Waals surface area (Å²) >= 11 is 0. The smallest absolute Gasteiger partial charge is 0.166 e. The zero-order valence-electron chi connectivity index (χ0n) is 14.1. The fourth-order valence-electron chi connectivity index (χ4n) is 3.33. The van der Waals surface area contributed by atoms with E-state index < -0.39 is 0 Å². The van der Waals surface area contributed by atoms with Crippen LogP contribution in [0.15, 0.2) is 48.8 Å². The van der Waals surface area contributed by atoms with E-state index in [0.717, 1.165) is 46.7 Å². The lowest BCUT2D eigenvalue weighted by Gasteiger charge is -2.13. The van der Waals surface area contributed by atoms with Gasteiger partial charge in [-0.15, -0.1) is 0 Å². The van der Waals surface area contributed by atoms with Crippen LogP contribution in [0.2, 0.25) is 0 Å². The molecule has 1 aliphatic rings. The van der Waals surface area contributed by atoms with Crippen molar-refractivity contribution in [3.63, 3.8) is 0 Å². The summed E-state index contributed by atoms with van der Waals surface area (Å²) in [6, 6.07) is 11.7. The van der Waals surface area contributed by atoms with Crippen molar-refractivity contribution in [3.8, 4) is 17.0 Å². The Bertz CT molecular complexity index is 899. The van der Waals surface area contributed by atoms with Gasteiger partial charge in [-0.2, -0.15) is 5.10 Å². The first-order valence-corrected chi connectivity index (χ1v) is 8.42. The van der Waals surface area contributed by atoms with Gasteiger partial charge in [0.05, 0.1) is 24.9 Å². The van der Waals surface area contributed by atoms with E-state index in [-0.39, 0.29) is 5.78 Å². The van der Waals surface area contributed by atoms with Crippen LogP contribution >= 0.6 is 0 Å². The molecule has 0 saturated heterocycles. The van der Waals surface area contributed by atoms with Crippen molar-refractivity contribution in [2.75, 3.05) is 7.11 Å². The highest BCUT2D eigenvalue weighted by molar-refractivity contribution is 6.03. The van der Waals surface area contributed by atoms with Gasteiger partial charge in [0.1, 0.15) is 11.4 Å². The summed E-state index contributed by atoms with van der Waals surface area (Å²) in [4.78, 5) is 16.6. The van der Waals surface area contributed by atoms with Crippen molar-refractivity contribution in [1.29, 1.82) is 0 Å². The maximum atomic E-state index is 12.6. The average Bonchev–Trinajstić information content (AvgIpc) is 3.02. The SMILES string of the molecule is COc1ccc(-c2nn(Cc3ccncc3)c3c2C(=O)CCC3)cc1. The molecule has 0 aliphatic heterocycles. The molecule has 126 valence electrons. The third-order valence-corrected chi connectivity index (χ3v) is 4.60. The highest BCUT2D eigenvalue weighted by atomic mass is 16.5. The van der Waals surface area contributed by atoms with E-state index in [2.05, 4.69) is 4.98 Å². The molecule has 0 N–H and O–H groups in total. The molecule has 0 saturated carbocycles. The van der Waals surface area contributed by atoms with Crippen LogP contribution in [0, 0.1) is 0 Å². The van der Waals surface area contributed by atoms with Gasteiger partial charge in [-0.3, -0.25) is 14.5 Å². The molecule has 1 aromatic carbocycles. The molecule has 3 aromatic rings. The number of nitrogens with zero attached hydrogens (tertiary/aromatic N) is 3. The average molecular weight is 333 g/mol. The molecule has 2 heterocycles. The summed E-state index contributed by atoms with van der Waals surface area (Å²) in [6.07, 6.45) is 5.92. The Kier molecular flexibility index (Phi) is 4.06. The summed E-state index contributed by atoms with van der Waals surface area (Å²) in [7, 11) is 1.64. The lowest BCUT2D eigenvalue weighted by atomic mass is 9.92. The van der Waals surface area contributed by atoms with Gasteiger partial charge in [-0.25, -0.2) is 0 Å². The Morgan fingerprint density at radius 2 is 1.84 bits per heavy atom. The number of hydrogen-bond acceptors (Lipinski definition) is 4. The Morgan fingerprint density at radius 1 is 1.08 bits per heavy atom. The quantitative estimate of drug-likeness (QED) is 0.733. The second-order valence-electron chi connectivity index (χ2n) is 6.19. The third kappa shape index (κ3) is 2.93. The predicted molar refractivity (Wildman–Crippen MR) is 94.8 cm³/mol. The van der Waals surface area contributed by atoms with E-state index >= 15 is 0 Å². The zero-order chi connectivity index (χ0) is 17.2. The van der Waals surface area contributed by atoms with E-state index in [1.54, 1.807) is 19.5 Å². The first-order valence-electron chi connectivity index (χ1n) is 8.42. The fourth-order valence-corrected chi connectivity index (χ4v) is 3.33. The van der Waals surface area contributed by atoms with Crippen LogP contribution in [-0.4, -0.2) is 27.7 Å². The van der Waals surface area contributed by atoms with Crippen LogP contribution in [0.4, 0.5) is 0 Å². The second-order valence-corrected chi connectivity index (χ2v) is 6.19. The van der Waals surface area contributed by atoms with Crippen LogP contribution in [0.1, 0.15) is 34.5 Å². The predicted octanol–water partition coefficient (Wildman–Crippen LogP) is 3.52. The first-order chi connectivity index (χ1) is 12.3. The minimum Gasteiger partial charge on any atom is -0.497 e. The Balaban J connectivity index is 1.79. The number of fused-ring (bicyclic) bond motifs is 1. The highest BCUT2D eigenvalue weighted by Crippen LogP contribution is 2.32. The molecule has 5 nitrogen and oxygen atoms in total. The molecule has 0 spiro atoms. The molecule has 0 atom stereocenters. The van der Waals surface area contributed by atoms with E-state index in [4.69, 9.17) is 9.84 Å². The third-order valence-electron chi connectivity index (χ3n) is 4.60. The molecule has 4 rings (SSSR count). The lowest BCUT2D eigenvalue weighted by Crippen LogP contribution is -2.14. The number of pyridine rings is 1. The number of methoxy groups -OCH3 is 1. The van der Waals surface area contributed by atoms with E-state index in [0.29, 0.717) is 13.0 Å². The molecule has 0 bridgehead atoms. The zero-order valence-corrected chi connectivity index (χ0v) is 14.1. The number of ketones is 1. The molecule has 0 unspecified atom stereocenters. The van der Waals surface area contributed by atoms with Crippen LogP contribution in [-0.2, 0) is 13.0 Å². The number of Topliss-reactive ketones (excluding diaryl/α,β-unsaturated/α-hetero) is 1. The number of aromatic nitrogens is 3. The summed E-state index contributed by atoms with van der Waals surface area (Å²) in [5, 5.41) is 4.80. The minimum absolute atomic E-state index is 0.188. The van der Waals surface area contributed by atoms with E-state index in [1.807, 2.05) is 41.1 Å². The summed E-state index contributed by atoms with van der Waals surface area (Å²) in [6.45, 7) is 0.647. The number of hydrogen-bond donors (Lipinski definition) is 0. The monoisotopic (exact) mass is 333 g/mol. The number of carbonyl (C=O) groups excluding carboxylic acids is 1. The molecule has 0 radical (unpaired) electrons. The first kappa shape index (κ1) is 15.6. The normalized spacial score (nSPS) is 13.6. The maximum Gasteiger partial charge on any atom is 0.166 e. The molecule has 2 aromatic heterocycles. The molecular formula is C20H19N3O2. The van der Waals surface area contributed by atoms with Gasteiger partial charge in [0, 0.05) is 24.4 Å². The molecule has 5 heteroatoms. The van der Waals surface area contributed by atoms with Crippen molar-refractivity contribution >= 4 is 5.78 Å². The van der Waals surface area contributed by atoms with Gasteiger partial charge >= 0.3 is 0 Å². The van der Waals surface area contributed by atoms with Crippen LogP contribution in [0.25, 0.3) is 11.3 Å². The van der Waals surface area contributed by atoms with Crippen molar-refractivity contribution in [1.82, 2.24) is 14.8 Å². The summed E-state index contributed by atoms with van der Waals surface area (Å²) in [5.74, 6) is 0.980. The van der Waals surface area contributed by atoms with Gasteiger partial charge < -0.3 is 4.74 Å². The number of rotatable bonds is 4. The number of benzene rings is 1. The number of ether oxygens (including phenoxy) is 1. The van der Waals surface area contributed by atoms with Gasteiger partial charge in [0.25, 0.3) is 0 Å². The second kappa shape index (κ2) is 6.51. The Hall–Kier alpha value is -2.95. The summed E-state index contributed by atoms with van der Waals surface area (Å²) in [5.41, 5.74) is 4.67. The van der Waals surface area contributed by atoms with Crippen molar-refractivity contribution < 1.29 is 9.53 Å². The minimum atomic E-state index is 0.188. The standard InChI is InChI=1S/C20H19N3O2/c1-25-16-7-5-15(6-8-16)20-19-17(3-2-4-18(19)24)23(22-20)13-14-9-11-21-12-10-14/h5-12H,2-4,13H2,1H3. The molecule has 0 amide bonds. The highest BCUT2D eigenvalue weighted by Gasteiger charge is 2.27. The molecule has 25 heavy (non-hydrogen) atoms. The maximum absolute atomic E-state index is 12.6. The largest absolute Gasteiger partial charge is 0.497 e. The van der Waals surface area contributed by atoms with Crippen LogP contribution < -0.4 is 4.74 Å². The number of carbonyl (C=O) groups is 1. The van der Waals surface area contributed by atoms with Gasteiger partial charge in [-0.05, 0) is 54.8 Å². The Labute approximate surface area is 146 Å². The van der Waals surface area contributed by atoms with E-state index in [9.17, 15) is 4.79 Å². The molecule has 0 fully saturated rings. The topological polar surface area (TPSA) is 57.0 Å². The molecule has 1 aliphatic carbocycles. The van der Waals surface area contributed by atoms with Crippen molar-refractivity contribution in [2.45, 2.75) is 25.8 Å². The van der Waals surface area contributed by atoms with E-state index in [1.165, 1.54) is 0 Å². The Morgan fingerprint density at radius 3 is 2.56 bits per heavy atom. The van der Waals surface area contributed by atoms with Gasteiger partial charge in [0.15, 0.2) is 5.78 Å². The lowest BCUT2D eigenvalue weighted by molar-refractivity contribution is 0.0972. The van der Waals surface area contributed by atoms with Crippen molar-refractivity contribution in [2.24, 2.45) is 0 Å². The van der Waals surface area contributed by atoms with Crippen molar-refractivity contribution in [3.05, 3.63) is 65.6 Å². The van der Waals surface area contributed by atoms with Gasteiger partial charge in [-0.1, -0.05) is 0 Å². The van der Waals surface area contributed by atoms with Gasteiger partial charge in [0.2, 0.25) is 0 Å². The van der Waals surface area contributed by atoms with Crippen LogP contribution in [0.5, 0.6) is 5.75 Å². The fraction of sp³-hybridized carbons (Fsp3) is 0.250. The molecular weight excluding hydrogens is 314 g/mol. The van der Waals surface area contributed by atoms with Crippen LogP contribution in [0.3, 0.4) is 0 Å².